The maximum atomic E-state index is 6.37. The van der Waals surface area contributed by atoms with Crippen LogP contribution in [0.5, 0.6) is 0 Å². The normalized spacial score (nSPS) is 11.2. The molecule has 42 heavy (non-hydrogen) atoms. The molecule has 0 aliphatic heterocycles. The molecule has 0 saturated heterocycles. The van der Waals surface area contributed by atoms with E-state index in [1.165, 1.54) is 38.2 Å². The van der Waals surface area contributed by atoms with Crippen LogP contribution in [0.1, 0.15) is 25.1 Å². The number of nitrogens with zero attached hydrogens (tertiary/aromatic N) is 2. The van der Waals surface area contributed by atoms with Crippen molar-refractivity contribution in [2.24, 2.45) is 0 Å². The van der Waals surface area contributed by atoms with Gasteiger partial charge in [-0.3, -0.25) is 0 Å². The Balaban J connectivity index is 0.000000395. The molecule has 3 heteroatoms. The molecular weight excluding hydrogens is 532 g/mol. The minimum Gasteiger partial charge on any atom is -0.222 e. The summed E-state index contributed by atoms with van der Waals surface area (Å²) in [7, 11) is 0. The predicted molar refractivity (Wildman–Crippen MR) is 182 cm³/mol. The summed E-state index contributed by atoms with van der Waals surface area (Å²) < 4.78 is 0. The van der Waals surface area contributed by atoms with Gasteiger partial charge in [0.25, 0.3) is 0 Å². The summed E-state index contributed by atoms with van der Waals surface area (Å²) in [6, 6.07) is 36.7. The fourth-order valence-electron chi connectivity index (χ4n) is 5.23. The highest BCUT2D eigenvalue weighted by Crippen LogP contribution is 2.42. The summed E-state index contributed by atoms with van der Waals surface area (Å²) in [5, 5.41) is 5.35. The van der Waals surface area contributed by atoms with Crippen molar-refractivity contribution < 1.29 is 0 Å². The zero-order valence-corrected chi connectivity index (χ0v) is 24.8. The van der Waals surface area contributed by atoms with Gasteiger partial charge in [-0.2, -0.15) is 0 Å². The molecule has 0 radical (unpaired) electrons. The first-order valence-corrected chi connectivity index (χ1v) is 14.4. The maximum Gasteiger partial charge on any atom is 0.223 e. The van der Waals surface area contributed by atoms with Gasteiger partial charge in [0.05, 0.1) is 11.4 Å². The van der Waals surface area contributed by atoms with Crippen LogP contribution >= 0.6 is 11.6 Å². The number of hydrogen-bond acceptors (Lipinski definition) is 2. The van der Waals surface area contributed by atoms with Gasteiger partial charge in [0.1, 0.15) is 0 Å². The first-order chi connectivity index (χ1) is 20.6. The van der Waals surface area contributed by atoms with Crippen molar-refractivity contribution in [3.63, 3.8) is 0 Å². The quantitative estimate of drug-likeness (QED) is 0.0922. The summed E-state index contributed by atoms with van der Waals surface area (Å²) in [6.45, 7) is 10.7. The molecule has 0 N–H and O–H groups in total. The second kappa shape index (κ2) is 13.2. The predicted octanol–water partition coefficient (Wildman–Crippen LogP) is 11.3. The average Bonchev–Trinajstić information content (AvgIpc) is 3.42. The fourth-order valence-corrected chi connectivity index (χ4v) is 5.42. The standard InChI is InChI=1S/C31H19ClN2.C4H8.C4H6/c32-31-33-28-18-22-7-2-4-11-27(22)29(28)30(34-31)24-9-5-8-20(17-24)21-14-15-26-23(16-21)13-12-19-6-1-3-10-25(19)26;2*1-3-4-2/h1-17H,18H2;3-4H,1-2H3;3-4H,1-2H2/b;4-3-;. The SMILES string of the molecule is C/C=C\C.C=CC=C.Clc1nc2c(c(-c3cccc(-c4ccc5c(ccc6ccccc65)c4)c3)n1)-c1ccccc1C2. The highest BCUT2D eigenvalue weighted by Gasteiger charge is 2.25. The first kappa shape index (κ1) is 28.7. The number of aromatic nitrogens is 2. The number of benzene rings is 5. The average molecular weight is 565 g/mol. The Labute approximate surface area is 253 Å². The molecule has 0 amide bonds. The van der Waals surface area contributed by atoms with Crippen LogP contribution in [0.4, 0.5) is 0 Å². The van der Waals surface area contributed by atoms with Gasteiger partial charge in [-0.25, -0.2) is 9.97 Å². The van der Waals surface area contributed by atoms with Crippen LogP contribution in [0.15, 0.2) is 141 Å². The zero-order chi connectivity index (χ0) is 29.5. The van der Waals surface area contributed by atoms with Crippen molar-refractivity contribution in [1.29, 1.82) is 0 Å². The highest BCUT2D eigenvalue weighted by atomic mass is 35.5. The first-order valence-electron chi connectivity index (χ1n) is 14.1. The van der Waals surface area contributed by atoms with Crippen molar-refractivity contribution in [2.75, 3.05) is 0 Å². The summed E-state index contributed by atoms with van der Waals surface area (Å²) in [5.41, 5.74) is 8.85. The topological polar surface area (TPSA) is 25.8 Å². The van der Waals surface area contributed by atoms with E-state index in [1.807, 2.05) is 26.0 Å². The maximum absolute atomic E-state index is 6.37. The van der Waals surface area contributed by atoms with Crippen molar-refractivity contribution in [1.82, 2.24) is 9.97 Å². The second-order valence-electron chi connectivity index (χ2n) is 9.94. The largest absolute Gasteiger partial charge is 0.223 e. The molecule has 206 valence electrons. The lowest BCUT2D eigenvalue weighted by Crippen LogP contribution is -1.96. The number of allylic oxidation sites excluding steroid dienone is 4. The molecule has 0 unspecified atom stereocenters. The van der Waals surface area contributed by atoms with Crippen LogP contribution in [0, 0.1) is 0 Å². The van der Waals surface area contributed by atoms with E-state index in [-0.39, 0.29) is 0 Å². The summed E-state index contributed by atoms with van der Waals surface area (Å²) in [5.74, 6) is 0. The van der Waals surface area contributed by atoms with E-state index >= 15 is 0 Å². The van der Waals surface area contributed by atoms with Crippen LogP contribution in [0.3, 0.4) is 0 Å². The Kier molecular flexibility index (Phi) is 9.06. The van der Waals surface area contributed by atoms with Gasteiger partial charge >= 0.3 is 0 Å². The van der Waals surface area contributed by atoms with Crippen LogP contribution in [0.25, 0.3) is 55.1 Å². The van der Waals surface area contributed by atoms with E-state index in [9.17, 15) is 0 Å². The molecule has 5 aromatic carbocycles. The molecule has 0 bridgehead atoms. The number of halogens is 1. The fraction of sp³-hybridized carbons (Fsp3) is 0.0769. The third-order valence-electron chi connectivity index (χ3n) is 7.32. The Morgan fingerprint density at radius 1 is 0.643 bits per heavy atom. The van der Waals surface area contributed by atoms with E-state index in [2.05, 4.69) is 126 Å². The van der Waals surface area contributed by atoms with E-state index < -0.39 is 0 Å². The van der Waals surface area contributed by atoms with Gasteiger partial charge in [-0.1, -0.05) is 128 Å². The van der Waals surface area contributed by atoms with Crippen LogP contribution < -0.4 is 0 Å². The molecule has 6 aromatic rings. The summed E-state index contributed by atoms with van der Waals surface area (Å²) in [6.07, 6.45) is 8.07. The second-order valence-corrected chi connectivity index (χ2v) is 10.3. The Morgan fingerprint density at radius 2 is 1.31 bits per heavy atom. The molecule has 1 heterocycles. The molecule has 1 aliphatic rings. The molecule has 0 saturated carbocycles. The van der Waals surface area contributed by atoms with Gasteiger partial charge in [-0.15, -0.1) is 0 Å². The lowest BCUT2D eigenvalue weighted by molar-refractivity contribution is 1.07. The van der Waals surface area contributed by atoms with Crippen molar-refractivity contribution in [2.45, 2.75) is 20.3 Å². The molecular formula is C39H33ClN2. The molecule has 7 rings (SSSR count). The van der Waals surface area contributed by atoms with Gasteiger partial charge in [0.15, 0.2) is 0 Å². The monoisotopic (exact) mass is 564 g/mol. The lowest BCUT2D eigenvalue weighted by Gasteiger charge is -2.12. The molecule has 0 fully saturated rings. The van der Waals surface area contributed by atoms with Gasteiger partial charge < -0.3 is 0 Å². The number of rotatable bonds is 3. The Bertz CT molecular complexity index is 1920. The Hall–Kier alpha value is -4.79. The summed E-state index contributed by atoms with van der Waals surface area (Å²) in [4.78, 5) is 9.24. The number of hydrogen-bond donors (Lipinski definition) is 0. The molecule has 1 aliphatic carbocycles. The highest BCUT2D eigenvalue weighted by molar-refractivity contribution is 6.28. The van der Waals surface area contributed by atoms with Gasteiger partial charge in [-0.05, 0) is 81.4 Å². The van der Waals surface area contributed by atoms with Crippen LogP contribution in [-0.2, 0) is 6.42 Å². The van der Waals surface area contributed by atoms with E-state index in [4.69, 9.17) is 11.6 Å². The van der Waals surface area contributed by atoms with E-state index in [0.29, 0.717) is 5.28 Å². The zero-order valence-electron chi connectivity index (χ0n) is 24.0. The van der Waals surface area contributed by atoms with Gasteiger partial charge in [0, 0.05) is 17.5 Å². The third kappa shape index (κ3) is 5.95. The van der Waals surface area contributed by atoms with E-state index in [1.54, 1.807) is 12.2 Å². The van der Waals surface area contributed by atoms with Gasteiger partial charge in [0.2, 0.25) is 5.28 Å². The Morgan fingerprint density at radius 3 is 2.10 bits per heavy atom. The minimum absolute atomic E-state index is 0.296. The van der Waals surface area contributed by atoms with Crippen molar-refractivity contribution in [3.05, 3.63) is 157 Å². The number of fused-ring (bicyclic) bond motifs is 6. The molecule has 0 atom stereocenters. The van der Waals surface area contributed by atoms with Crippen molar-refractivity contribution >= 4 is 33.1 Å². The molecule has 0 spiro atoms. The van der Waals surface area contributed by atoms with E-state index in [0.717, 1.165) is 34.5 Å². The smallest absolute Gasteiger partial charge is 0.222 e. The van der Waals surface area contributed by atoms with Crippen LogP contribution in [0.2, 0.25) is 5.28 Å². The van der Waals surface area contributed by atoms with Crippen molar-refractivity contribution in [3.8, 4) is 33.5 Å². The molecule has 2 nitrogen and oxygen atoms in total. The van der Waals surface area contributed by atoms with Crippen LogP contribution in [-0.4, -0.2) is 9.97 Å². The minimum atomic E-state index is 0.296. The lowest BCUT2D eigenvalue weighted by atomic mass is 9.95. The molecule has 1 aromatic heterocycles. The third-order valence-corrected chi connectivity index (χ3v) is 7.48. The summed E-state index contributed by atoms with van der Waals surface area (Å²) >= 11 is 6.37.